The average molecular weight is 288 g/mol. The van der Waals surface area contributed by atoms with Crippen molar-refractivity contribution in [2.75, 3.05) is 11.9 Å². The molecular formula is C15H17FN4O. The highest BCUT2D eigenvalue weighted by Crippen LogP contribution is 2.14. The topological polar surface area (TPSA) is 66.9 Å². The summed E-state index contributed by atoms with van der Waals surface area (Å²) in [5.74, 6) is -0.126. The fourth-order valence-corrected chi connectivity index (χ4v) is 1.69. The first-order valence-electron chi connectivity index (χ1n) is 6.82. The number of hydrogen-bond acceptors (Lipinski definition) is 4. The maximum Gasteiger partial charge on any atom is 0.271 e. The number of rotatable bonds is 6. The lowest BCUT2D eigenvalue weighted by Crippen LogP contribution is -2.25. The summed E-state index contributed by atoms with van der Waals surface area (Å²) in [5.41, 5.74) is 0.834. The average Bonchev–Trinajstić information content (AvgIpc) is 2.48. The van der Waals surface area contributed by atoms with Gasteiger partial charge in [0.05, 0.1) is 12.4 Å². The number of nitrogens with one attached hydrogen (secondary N) is 2. The quantitative estimate of drug-likeness (QED) is 0.802. The third-order valence-electron chi connectivity index (χ3n) is 2.80. The van der Waals surface area contributed by atoms with Crippen LogP contribution in [0, 0.1) is 5.82 Å². The van der Waals surface area contributed by atoms with Crippen LogP contribution in [0.3, 0.4) is 0 Å². The number of aromatic nitrogens is 2. The number of nitrogens with zero attached hydrogens (tertiary/aromatic N) is 2. The summed E-state index contributed by atoms with van der Waals surface area (Å²) >= 11 is 0. The fourth-order valence-electron chi connectivity index (χ4n) is 1.69. The van der Waals surface area contributed by atoms with Crippen LogP contribution in [0.15, 0.2) is 36.7 Å². The normalized spacial score (nSPS) is 10.2. The highest BCUT2D eigenvalue weighted by molar-refractivity contribution is 5.92. The molecule has 0 saturated heterocycles. The Hall–Kier alpha value is -2.50. The van der Waals surface area contributed by atoms with Gasteiger partial charge < -0.3 is 10.6 Å². The van der Waals surface area contributed by atoms with E-state index in [1.807, 2.05) is 0 Å². The van der Waals surface area contributed by atoms with Gasteiger partial charge in [-0.2, -0.15) is 0 Å². The Labute approximate surface area is 122 Å². The summed E-state index contributed by atoms with van der Waals surface area (Å²) in [6.07, 6.45) is 4.78. The van der Waals surface area contributed by atoms with Crippen molar-refractivity contribution in [2.24, 2.45) is 0 Å². The lowest BCUT2D eigenvalue weighted by molar-refractivity contribution is 0.0948. The second-order valence-corrected chi connectivity index (χ2v) is 4.53. The van der Waals surface area contributed by atoms with Crippen LogP contribution in [0.5, 0.6) is 0 Å². The molecule has 1 heterocycles. The number of halogens is 1. The minimum Gasteiger partial charge on any atom is -0.351 e. The lowest BCUT2D eigenvalue weighted by Gasteiger charge is -2.06. The summed E-state index contributed by atoms with van der Waals surface area (Å²) in [6, 6.07) is 6.03. The third kappa shape index (κ3) is 4.52. The number of amides is 1. The molecule has 0 unspecified atom stereocenters. The largest absolute Gasteiger partial charge is 0.351 e. The van der Waals surface area contributed by atoms with Crippen molar-refractivity contribution in [3.63, 3.8) is 0 Å². The highest BCUT2D eigenvalue weighted by Gasteiger charge is 2.07. The van der Waals surface area contributed by atoms with Crippen molar-refractivity contribution >= 4 is 17.4 Å². The van der Waals surface area contributed by atoms with E-state index < -0.39 is 0 Å². The van der Waals surface area contributed by atoms with E-state index in [9.17, 15) is 9.18 Å². The van der Waals surface area contributed by atoms with Crippen LogP contribution >= 0.6 is 0 Å². The van der Waals surface area contributed by atoms with Gasteiger partial charge in [-0.05, 0) is 24.6 Å². The zero-order chi connectivity index (χ0) is 15.1. The van der Waals surface area contributed by atoms with Gasteiger partial charge in [0, 0.05) is 12.2 Å². The molecule has 0 aliphatic carbocycles. The molecule has 21 heavy (non-hydrogen) atoms. The van der Waals surface area contributed by atoms with E-state index in [0.717, 1.165) is 12.8 Å². The molecule has 0 aliphatic rings. The molecule has 0 spiro atoms. The van der Waals surface area contributed by atoms with Crippen LogP contribution in [0.4, 0.5) is 15.9 Å². The van der Waals surface area contributed by atoms with Gasteiger partial charge in [0.1, 0.15) is 17.3 Å². The van der Waals surface area contributed by atoms with E-state index in [-0.39, 0.29) is 17.4 Å². The Kier molecular flexibility index (Phi) is 5.20. The van der Waals surface area contributed by atoms with Crippen molar-refractivity contribution in [3.05, 3.63) is 48.2 Å². The van der Waals surface area contributed by atoms with Gasteiger partial charge in [-0.25, -0.2) is 14.4 Å². The number of unbranched alkanes of at least 4 members (excludes halogenated alkanes) is 1. The van der Waals surface area contributed by atoms with Crippen LogP contribution in [0.1, 0.15) is 30.3 Å². The SMILES string of the molecule is CCCCNC(=O)c1cnc(Nc2cccc(F)c2)cn1. The lowest BCUT2D eigenvalue weighted by atomic mass is 10.3. The molecule has 110 valence electrons. The van der Waals surface area contributed by atoms with Crippen molar-refractivity contribution in [2.45, 2.75) is 19.8 Å². The third-order valence-corrected chi connectivity index (χ3v) is 2.80. The molecule has 1 aromatic heterocycles. The van der Waals surface area contributed by atoms with Gasteiger partial charge >= 0.3 is 0 Å². The van der Waals surface area contributed by atoms with Gasteiger partial charge in [0.2, 0.25) is 0 Å². The van der Waals surface area contributed by atoms with Gasteiger partial charge in [-0.15, -0.1) is 0 Å². The second-order valence-electron chi connectivity index (χ2n) is 4.53. The molecule has 2 N–H and O–H groups in total. The summed E-state index contributed by atoms with van der Waals surface area (Å²) in [4.78, 5) is 19.9. The molecule has 0 radical (unpaired) electrons. The summed E-state index contributed by atoms with van der Waals surface area (Å²) in [5, 5.41) is 5.68. The number of benzene rings is 1. The van der Waals surface area contributed by atoms with Crippen molar-refractivity contribution < 1.29 is 9.18 Å². The Morgan fingerprint density at radius 3 is 2.81 bits per heavy atom. The van der Waals surface area contributed by atoms with Crippen molar-refractivity contribution in [1.29, 1.82) is 0 Å². The smallest absolute Gasteiger partial charge is 0.271 e. The Bertz CT molecular complexity index is 601. The van der Waals surface area contributed by atoms with Crippen LogP contribution in [-0.2, 0) is 0 Å². The summed E-state index contributed by atoms with van der Waals surface area (Å²) in [7, 11) is 0. The number of carbonyl (C=O) groups is 1. The van der Waals surface area contributed by atoms with Crippen molar-refractivity contribution in [1.82, 2.24) is 15.3 Å². The number of hydrogen-bond donors (Lipinski definition) is 2. The molecule has 2 aromatic rings. The van der Waals surface area contributed by atoms with E-state index >= 15 is 0 Å². The molecule has 0 saturated carbocycles. The standard InChI is InChI=1S/C15H17FN4O/c1-2-3-7-17-15(21)13-9-19-14(10-18-13)20-12-6-4-5-11(16)8-12/h4-6,8-10H,2-3,7H2,1H3,(H,17,21)(H,19,20). The first kappa shape index (κ1) is 14.9. The Morgan fingerprint density at radius 2 is 2.14 bits per heavy atom. The van der Waals surface area contributed by atoms with E-state index in [0.29, 0.717) is 18.1 Å². The molecule has 0 aliphatic heterocycles. The van der Waals surface area contributed by atoms with E-state index in [1.165, 1.54) is 24.5 Å². The van der Waals surface area contributed by atoms with Crippen LogP contribution in [0.25, 0.3) is 0 Å². The monoisotopic (exact) mass is 288 g/mol. The Balaban J connectivity index is 1.97. The fraction of sp³-hybridized carbons (Fsp3) is 0.267. The van der Waals surface area contributed by atoms with Crippen LogP contribution < -0.4 is 10.6 Å². The molecule has 0 fully saturated rings. The molecule has 0 atom stereocenters. The molecule has 0 bridgehead atoms. The maximum absolute atomic E-state index is 13.1. The first-order valence-corrected chi connectivity index (χ1v) is 6.82. The second kappa shape index (κ2) is 7.33. The Morgan fingerprint density at radius 1 is 1.29 bits per heavy atom. The summed E-state index contributed by atoms with van der Waals surface area (Å²) in [6.45, 7) is 2.68. The predicted molar refractivity (Wildman–Crippen MR) is 79.0 cm³/mol. The minimum absolute atomic E-state index is 0.242. The van der Waals surface area contributed by atoms with Gasteiger partial charge in [-0.1, -0.05) is 19.4 Å². The van der Waals surface area contributed by atoms with Gasteiger partial charge in [-0.3, -0.25) is 4.79 Å². The first-order chi connectivity index (χ1) is 10.2. The van der Waals surface area contributed by atoms with Gasteiger partial charge in [0.15, 0.2) is 0 Å². The molecular weight excluding hydrogens is 271 g/mol. The van der Waals surface area contributed by atoms with E-state index in [2.05, 4.69) is 27.5 Å². The summed E-state index contributed by atoms with van der Waals surface area (Å²) < 4.78 is 13.1. The van der Waals surface area contributed by atoms with Crippen LogP contribution in [0.2, 0.25) is 0 Å². The zero-order valence-electron chi connectivity index (χ0n) is 11.8. The van der Waals surface area contributed by atoms with Crippen LogP contribution in [-0.4, -0.2) is 22.4 Å². The van der Waals surface area contributed by atoms with E-state index in [1.54, 1.807) is 12.1 Å². The number of anilines is 2. The zero-order valence-corrected chi connectivity index (χ0v) is 11.8. The molecule has 1 amide bonds. The minimum atomic E-state index is -0.333. The molecule has 2 rings (SSSR count). The number of carbonyl (C=O) groups excluding carboxylic acids is 1. The van der Waals surface area contributed by atoms with E-state index in [4.69, 9.17) is 0 Å². The van der Waals surface area contributed by atoms with Crippen molar-refractivity contribution in [3.8, 4) is 0 Å². The molecule has 5 nitrogen and oxygen atoms in total. The molecule has 6 heteroatoms. The predicted octanol–water partition coefficient (Wildman–Crippen LogP) is 2.89. The van der Waals surface area contributed by atoms with Gasteiger partial charge in [0.25, 0.3) is 5.91 Å². The maximum atomic E-state index is 13.1. The highest BCUT2D eigenvalue weighted by atomic mass is 19.1. The molecule has 1 aromatic carbocycles.